The van der Waals surface area contributed by atoms with E-state index in [4.69, 9.17) is 0 Å². The fourth-order valence-electron chi connectivity index (χ4n) is 7.11. The van der Waals surface area contributed by atoms with Gasteiger partial charge >= 0.3 is 6.03 Å². The number of likely N-dealkylation sites (tertiary alicyclic amines) is 2. The van der Waals surface area contributed by atoms with E-state index in [0.29, 0.717) is 23.2 Å². The molecule has 0 radical (unpaired) electrons. The number of aliphatic hydroxyl groups is 1. The molecule has 35 heavy (non-hydrogen) atoms. The largest absolute Gasteiger partial charge is 0.382 e. The average molecular weight is 496 g/mol. The molecule has 2 aliphatic heterocycles. The van der Waals surface area contributed by atoms with Crippen molar-refractivity contribution in [1.82, 2.24) is 24.6 Å². The van der Waals surface area contributed by atoms with Crippen LogP contribution in [-0.2, 0) is 22.8 Å². The highest BCUT2D eigenvalue weighted by atomic mass is 32.2. The van der Waals surface area contributed by atoms with E-state index >= 15 is 0 Å². The number of rotatable bonds is 5. The lowest BCUT2D eigenvalue weighted by Gasteiger charge is -2.63. The van der Waals surface area contributed by atoms with E-state index in [1.54, 1.807) is 12.6 Å². The second-order valence-electron chi connectivity index (χ2n) is 12.2. The van der Waals surface area contributed by atoms with Gasteiger partial charge in [0.05, 0.1) is 6.04 Å². The Hall–Kier alpha value is -2.26. The van der Waals surface area contributed by atoms with E-state index in [1.807, 2.05) is 26.6 Å². The molecule has 186 valence electrons. The Morgan fingerprint density at radius 3 is 2.20 bits per heavy atom. The topological polar surface area (TPSA) is 91.6 Å². The van der Waals surface area contributed by atoms with Gasteiger partial charge in [-0.05, 0) is 68.6 Å². The van der Waals surface area contributed by atoms with Crippen molar-refractivity contribution < 1.29 is 14.1 Å². The van der Waals surface area contributed by atoms with Gasteiger partial charge in [0.25, 0.3) is 0 Å². The summed E-state index contributed by atoms with van der Waals surface area (Å²) >= 11 is 0. The van der Waals surface area contributed by atoms with Gasteiger partial charge < -0.3 is 14.9 Å². The maximum atomic E-state index is 13.0. The zero-order valence-electron chi connectivity index (χ0n) is 20.2. The lowest BCUT2D eigenvalue weighted by Crippen LogP contribution is -2.71. The number of amides is 2. The van der Waals surface area contributed by atoms with E-state index in [-0.39, 0.29) is 11.4 Å². The third-order valence-corrected chi connectivity index (χ3v) is 10.2. The summed E-state index contributed by atoms with van der Waals surface area (Å²) in [5.74, 6) is 1.27. The van der Waals surface area contributed by atoms with Crippen molar-refractivity contribution in [2.45, 2.75) is 61.5 Å². The maximum absolute atomic E-state index is 13.0. The first-order chi connectivity index (χ1) is 16.7. The van der Waals surface area contributed by atoms with Crippen LogP contribution in [0.25, 0.3) is 0 Å². The van der Waals surface area contributed by atoms with Crippen LogP contribution < -0.4 is 0 Å². The van der Waals surface area contributed by atoms with Crippen LogP contribution in [0.3, 0.4) is 0 Å². The minimum absolute atomic E-state index is 0.218. The molecule has 0 bridgehead atoms. The fraction of sp³-hybridized carbons (Fsp3) is 0.654. The summed E-state index contributed by atoms with van der Waals surface area (Å²) < 4.78 is 13.5. The van der Waals surface area contributed by atoms with Gasteiger partial charge in [0.15, 0.2) is 5.82 Å². The van der Waals surface area contributed by atoms with Crippen LogP contribution in [0.15, 0.2) is 35.5 Å². The van der Waals surface area contributed by atoms with Gasteiger partial charge in [0.1, 0.15) is 11.9 Å². The number of hydrogen-bond acceptors (Lipinski definition) is 5. The Kier molecular flexibility index (Phi) is 4.64. The van der Waals surface area contributed by atoms with Gasteiger partial charge in [-0.25, -0.2) is 14.5 Å². The molecule has 1 aromatic carbocycles. The molecule has 3 heterocycles. The fourth-order valence-corrected chi connectivity index (χ4v) is 7.63. The molecule has 5 aliphatic rings. The molecule has 2 spiro atoms. The summed E-state index contributed by atoms with van der Waals surface area (Å²) in [7, 11) is -0.920. The van der Waals surface area contributed by atoms with Crippen LogP contribution in [0.5, 0.6) is 0 Å². The monoisotopic (exact) mass is 495 g/mol. The summed E-state index contributed by atoms with van der Waals surface area (Å²) in [6.07, 6.45) is 10.6. The smallest absolute Gasteiger partial charge is 0.320 e. The van der Waals surface area contributed by atoms with Crippen molar-refractivity contribution in [3.05, 3.63) is 42.0 Å². The Morgan fingerprint density at radius 2 is 1.63 bits per heavy atom. The molecule has 3 saturated carbocycles. The molecule has 2 saturated heterocycles. The third-order valence-electron chi connectivity index (χ3n) is 9.23. The average Bonchev–Trinajstić information content (AvgIpc) is 3.27. The van der Waals surface area contributed by atoms with Crippen molar-refractivity contribution in [3.8, 4) is 0 Å². The Labute approximate surface area is 208 Å². The lowest BCUT2D eigenvalue weighted by molar-refractivity contribution is -0.107. The van der Waals surface area contributed by atoms with E-state index < -0.39 is 16.4 Å². The molecule has 8 nitrogen and oxygen atoms in total. The number of carbonyl (C=O) groups is 1. The van der Waals surface area contributed by atoms with Gasteiger partial charge in [-0.1, -0.05) is 12.1 Å². The minimum Gasteiger partial charge on any atom is -0.382 e. The van der Waals surface area contributed by atoms with Crippen LogP contribution in [0, 0.1) is 16.7 Å². The predicted molar refractivity (Wildman–Crippen MR) is 130 cm³/mol. The van der Waals surface area contributed by atoms with Crippen molar-refractivity contribution in [2.24, 2.45) is 16.7 Å². The molecule has 1 N–H and O–H groups in total. The molecule has 2 aromatic rings. The summed E-state index contributed by atoms with van der Waals surface area (Å²) in [4.78, 5) is 22.2. The molecule has 7 rings (SSSR count). The van der Waals surface area contributed by atoms with Crippen LogP contribution >= 0.6 is 0 Å². The van der Waals surface area contributed by atoms with Crippen molar-refractivity contribution >= 4 is 16.8 Å². The Morgan fingerprint density at radius 1 is 1.03 bits per heavy atom. The molecular formula is C26H33N5O3S. The van der Waals surface area contributed by atoms with Crippen LogP contribution in [-0.4, -0.2) is 72.3 Å². The van der Waals surface area contributed by atoms with Gasteiger partial charge in [0.2, 0.25) is 0 Å². The number of nitrogens with zero attached hydrogens (tertiary/aromatic N) is 5. The van der Waals surface area contributed by atoms with E-state index in [2.05, 4.69) is 22.2 Å². The first kappa shape index (κ1) is 22.0. The van der Waals surface area contributed by atoms with Crippen molar-refractivity contribution in [3.63, 3.8) is 0 Å². The van der Waals surface area contributed by atoms with E-state index in [1.165, 1.54) is 18.4 Å². The standard InChI is InChI=1S/C26H33N5O3S/c1-35(34)21-4-2-18(3-5-21)8-19-9-24(10-19)13-29(14-24)23(32)30-15-25(16-30)11-20(12-25)31-17-27-22(28-31)26(33)6-7-26/h2-5,17,19-20,33H,6-16H2,1H3. The second kappa shape index (κ2) is 7.38. The minimum atomic E-state index is -0.920. The molecule has 2 amide bonds. The number of carbonyl (C=O) groups excluding carboxylic acids is 1. The second-order valence-corrected chi connectivity index (χ2v) is 13.6. The highest BCUT2D eigenvalue weighted by molar-refractivity contribution is 7.84. The normalized spacial score (nSPS) is 26.6. The summed E-state index contributed by atoms with van der Waals surface area (Å²) in [5.41, 5.74) is 1.16. The molecule has 1 aromatic heterocycles. The molecule has 1 unspecified atom stereocenters. The number of hydrogen-bond donors (Lipinski definition) is 1. The number of aromatic nitrogens is 3. The van der Waals surface area contributed by atoms with Gasteiger partial charge in [-0.2, -0.15) is 5.10 Å². The highest BCUT2D eigenvalue weighted by Crippen LogP contribution is 2.56. The van der Waals surface area contributed by atoms with Crippen LogP contribution in [0.4, 0.5) is 4.79 Å². The zero-order chi connectivity index (χ0) is 24.0. The number of urea groups is 1. The first-order valence-electron chi connectivity index (χ1n) is 12.8. The van der Waals surface area contributed by atoms with Crippen molar-refractivity contribution in [1.29, 1.82) is 0 Å². The molecule has 1 atom stereocenters. The van der Waals surface area contributed by atoms with E-state index in [0.717, 1.165) is 63.2 Å². The van der Waals surface area contributed by atoms with Crippen molar-refractivity contribution in [2.75, 3.05) is 32.4 Å². The predicted octanol–water partition coefficient (Wildman–Crippen LogP) is 2.71. The van der Waals surface area contributed by atoms with Crippen LogP contribution in [0.2, 0.25) is 0 Å². The summed E-state index contributed by atoms with van der Waals surface area (Å²) in [6, 6.07) is 8.75. The quantitative estimate of drug-likeness (QED) is 0.689. The Balaban J connectivity index is 0.844. The van der Waals surface area contributed by atoms with Gasteiger partial charge in [-0.15, -0.1) is 0 Å². The van der Waals surface area contributed by atoms with E-state index in [9.17, 15) is 14.1 Å². The summed E-state index contributed by atoms with van der Waals surface area (Å²) in [5, 5.41) is 14.7. The van der Waals surface area contributed by atoms with Gasteiger partial charge in [-0.3, -0.25) is 4.21 Å². The Bertz CT molecular complexity index is 1180. The van der Waals surface area contributed by atoms with Gasteiger partial charge in [0, 0.05) is 59.0 Å². The molecule has 3 aliphatic carbocycles. The van der Waals surface area contributed by atoms with Crippen LogP contribution in [0.1, 0.15) is 56.0 Å². The maximum Gasteiger partial charge on any atom is 0.320 e. The molecular weight excluding hydrogens is 462 g/mol. The summed E-state index contributed by atoms with van der Waals surface area (Å²) in [6.45, 7) is 3.54. The number of benzene rings is 1. The zero-order valence-corrected chi connectivity index (χ0v) is 21.0. The third kappa shape index (κ3) is 3.65. The molecule has 9 heteroatoms. The highest BCUT2D eigenvalue weighted by Gasteiger charge is 2.58. The SMILES string of the molecule is CS(=O)c1ccc(CC2CC3(C2)CN(C(=O)N2CC4(CC(n5cnc(C6(O)CC6)n5)C4)C2)C3)cc1. The molecule has 5 fully saturated rings. The lowest BCUT2D eigenvalue weighted by atomic mass is 9.56. The first-order valence-corrected chi connectivity index (χ1v) is 14.4.